The van der Waals surface area contributed by atoms with E-state index in [0.717, 1.165) is 6.54 Å². The Bertz CT molecular complexity index is 768. The first-order chi connectivity index (χ1) is 9.83. The van der Waals surface area contributed by atoms with Gasteiger partial charge in [-0.25, -0.2) is 0 Å². The van der Waals surface area contributed by atoms with Crippen molar-refractivity contribution in [1.82, 2.24) is 0 Å². The number of nitrogens with zero attached hydrogens (tertiary/aromatic N) is 1. The van der Waals surface area contributed by atoms with Crippen molar-refractivity contribution in [3.8, 4) is 0 Å². The molecule has 0 aliphatic carbocycles. The van der Waals surface area contributed by atoms with Gasteiger partial charge in [0.15, 0.2) is 5.78 Å². The lowest BCUT2D eigenvalue weighted by Gasteiger charge is -2.21. The number of fused-ring (bicyclic) bond motifs is 2. The van der Waals surface area contributed by atoms with Crippen molar-refractivity contribution in [2.45, 2.75) is 6.42 Å². The van der Waals surface area contributed by atoms with Crippen molar-refractivity contribution < 1.29 is 4.79 Å². The topological polar surface area (TPSA) is 20.3 Å². The fourth-order valence-electron chi connectivity index (χ4n) is 3.15. The number of benzene rings is 3. The quantitative estimate of drug-likeness (QED) is 0.621. The largest absolute Gasteiger partial charge is 0.363 e. The maximum Gasteiger partial charge on any atom is 0.153 e. The summed E-state index contributed by atoms with van der Waals surface area (Å²) in [5.74, 6) is 0.335. The van der Waals surface area contributed by atoms with Crippen molar-refractivity contribution in [3.05, 3.63) is 54.6 Å². The van der Waals surface area contributed by atoms with Gasteiger partial charge in [0.2, 0.25) is 0 Å². The molecule has 20 heavy (non-hydrogen) atoms. The number of hydrogen-bond donors (Lipinski definition) is 0. The molecule has 98 valence electrons. The second-order valence-corrected chi connectivity index (χ2v) is 5.38. The minimum atomic E-state index is 0.335. The van der Waals surface area contributed by atoms with Crippen LogP contribution in [0.2, 0.25) is 0 Å². The molecule has 1 aliphatic rings. The van der Waals surface area contributed by atoms with Gasteiger partial charge in [-0.05, 0) is 16.8 Å². The number of carbonyl (C=O) groups excluding carboxylic acids is 1. The lowest BCUT2D eigenvalue weighted by molar-refractivity contribution is -0.116. The van der Waals surface area contributed by atoms with E-state index in [2.05, 4.69) is 59.5 Å². The molecule has 0 amide bonds. The molecule has 1 aliphatic heterocycles. The Morgan fingerprint density at radius 2 is 1.45 bits per heavy atom. The van der Waals surface area contributed by atoms with Crippen LogP contribution in [-0.2, 0) is 4.79 Å². The summed E-state index contributed by atoms with van der Waals surface area (Å²) in [5.41, 5.74) is 1.21. The first-order valence-electron chi connectivity index (χ1n) is 7.00. The predicted molar refractivity (Wildman–Crippen MR) is 83.3 cm³/mol. The van der Waals surface area contributed by atoms with Gasteiger partial charge in [-0.2, -0.15) is 0 Å². The molecule has 0 radical (unpaired) electrons. The molecule has 0 unspecified atom stereocenters. The summed E-state index contributed by atoms with van der Waals surface area (Å²) >= 11 is 0. The van der Waals surface area contributed by atoms with Gasteiger partial charge in [-0.1, -0.05) is 48.5 Å². The normalized spacial score (nSPS) is 15.4. The number of ketones is 1. The molecule has 0 saturated carbocycles. The van der Waals surface area contributed by atoms with Gasteiger partial charge < -0.3 is 4.90 Å². The summed E-state index contributed by atoms with van der Waals surface area (Å²) < 4.78 is 0. The Hall–Kier alpha value is -2.35. The number of carbonyl (C=O) groups is 1. The summed E-state index contributed by atoms with van der Waals surface area (Å²) in [4.78, 5) is 13.9. The van der Waals surface area contributed by atoms with E-state index in [-0.39, 0.29) is 0 Å². The van der Waals surface area contributed by atoms with Crippen molar-refractivity contribution in [1.29, 1.82) is 0 Å². The third-order valence-corrected chi connectivity index (χ3v) is 4.09. The third kappa shape index (κ3) is 1.68. The summed E-state index contributed by atoms with van der Waals surface area (Å²) in [6.45, 7) is 1.37. The number of hydrogen-bond acceptors (Lipinski definition) is 2. The molecule has 1 saturated heterocycles. The maximum atomic E-state index is 11.7. The Morgan fingerprint density at radius 1 is 0.850 bits per heavy atom. The second kappa shape index (κ2) is 4.34. The molecular formula is C18H15NO. The molecular weight excluding hydrogens is 246 g/mol. The Balaban J connectivity index is 2.09. The molecule has 0 atom stereocenters. The predicted octanol–water partition coefficient (Wildman–Crippen LogP) is 3.77. The van der Waals surface area contributed by atoms with Gasteiger partial charge in [-0.3, -0.25) is 4.79 Å². The summed E-state index contributed by atoms with van der Waals surface area (Å²) in [7, 11) is 0. The lowest BCUT2D eigenvalue weighted by Crippen LogP contribution is -2.20. The Labute approximate surface area is 117 Å². The zero-order chi connectivity index (χ0) is 13.5. The highest BCUT2D eigenvalue weighted by molar-refractivity contribution is 6.12. The molecule has 0 bridgehead atoms. The molecule has 3 aromatic carbocycles. The first kappa shape index (κ1) is 11.5. The zero-order valence-corrected chi connectivity index (χ0v) is 11.2. The standard InChI is InChI=1S/C18H15NO/c20-15-9-10-19(12-15)18-16-7-3-1-5-13(16)11-14-6-2-4-8-17(14)18/h1-8,11H,9-10,12H2. The molecule has 0 spiro atoms. The summed E-state index contributed by atoms with van der Waals surface area (Å²) in [5, 5.41) is 4.95. The molecule has 4 rings (SSSR count). The van der Waals surface area contributed by atoms with Gasteiger partial charge in [-0.15, -0.1) is 0 Å². The van der Waals surface area contributed by atoms with Crippen LogP contribution >= 0.6 is 0 Å². The van der Waals surface area contributed by atoms with E-state index < -0.39 is 0 Å². The van der Waals surface area contributed by atoms with E-state index in [9.17, 15) is 4.79 Å². The Kier molecular flexibility index (Phi) is 2.49. The van der Waals surface area contributed by atoms with Crippen molar-refractivity contribution in [2.24, 2.45) is 0 Å². The number of rotatable bonds is 1. The average Bonchev–Trinajstić information content (AvgIpc) is 2.91. The monoisotopic (exact) mass is 261 g/mol. The van der Waals surface area contributed by atoms with Crippen LogP contribution in [0, 0.1) is 0 Å². The minimum Gasteiger partial charge on any atom is -0.363 e. The average molecular weight is 261 g/mol. The SMILES string of the molecule is O=C1CCN(c2c3ccccc3cc3ccccc23)C1. The number of Topliss-reactive ketones (excluding diaryl/α,β-unsaturated/α-hetero) is 1. The van der Waals surface area contributed by atoms with E-state index in [1.165, 1.54) is 27.2 Å². The van der Waals surface area contributed by atoms with Crippen LogP contribution < -0.4 is 4.90 Å². The van der Waals surface area contributed by atoms with E-state index in [1.807, 2.05) is 0 Å². The third-order valence-electron chi connectivity index (χ3n) is 4.09. The van der Waals surface area contributed by atoms with Gasteiger partial charge in [0.05, 0.1) is 12.2 Å². The lowest BCUT2D eigenvalue weighted by atomic mass is 10.0. The molecule has 3 aromatic rings. The summed E-state index contributed by atoms with van der Waals surface area (Å²) in [6, 6.07) is 19.1. The van der Waals surface area contributed by atoms with Crippen molar-refractivity contribution >= 4 is 33.0 Å². The van der Waals surface area contributed by atoms with Crippen LogP contribution in [0.25, 0.3) is 21.5 Å². The van der Waals surface area contributed by atoms with Crippen LogP contribution in [-0.4, -0.2) is 18.9 Å². The number of anilines is 1. The molecule has 2 heteroatoms. The van der Waals surface area contributed by atoms with Crippen molar-refractivity contribution in [3.63, 3.8) is 0 Å². The fourth-order valence-corrected chi connectivity index (χ4v) is 3.15. The highest BCUT2D eigenvalue weighted by atomic mass is 16.1. The highest BCUT2D eigenvalue weighted by Crippen LogP contribution is 2.36. The zero-order valence-electron chi connectivity index (χ0n) is 11.2. The van der Waals surface area contributed by atoms with Gasteiger partial charge in [0.25, 0.3) is 0 Å². The van der Waals surface area contributed by atoms with E-state index >= 15 is 0 Å². The van der Waals surface area contributed by atoms with Crippen LogP contribution in [0.3, 0.4) is 0 Å². The maximum absolute atomic E-state index is 11.7. The minimum absolute atomic E-state index is 0.335. The van der Waals surface area contributed by atoms with Crippen molar-refractivity contribution in [2.75, 3.05) is 18.0 Å². The Morgan fingerprint density at radius 3 is 2.00 bits per heavy atom. The molecule has 2 nitrogen and oxygen atoms in total. The van der Waals surface area contributed by atoms with E-state index in [1.54, 1.807) is 0 Å². The molecule has 0 aromatic heterocycles. The van der Waals surface area contributed by atoms with E-state index in [0.29, 0.717) is 18.7 Å². The summed E-state index contributed by atoms with van der Waals surface area (Å²) in [6.07, 6.45) is 0.664. The highest BCUT2D eigenvalue weighted by Gasteiger charge is 2.22. The fraction of sp³-hybridized carbons (Fsp3) is 0.167. The van der Waals surface area contributed by atoms with Crippen LogP contribution in [0.5, 0.6) is 0 Å². The first-order valence-corrected chi connectivity index (χ1v) is 7.00. The van der Waals surface area contributed by atoms with E-state index in [4.69, 9.17) is 0 Å². The van der Waals surface area contributed by atoms with Gasteiger partial charge >= 0.3 is 0 Å². The smallest absolute Gasteiger partial charge is 0.153 e. The van der Waals surface area contributed by atoms with Crippen LogP contribution in [0.4, 0.5) is 5.69 Å². The van der Waals surface area contributed by atoms with Crippen LogP contribution in [0.1, 0.15) is 6.42 Å². The van der Waals surface area contributed by atoms with Gasteiger partial charge in [0, 0.05) is 23.7 Å². The molecule has 1 heterocycles. The van der Waals surface area contributed by atoms with Gasteiger partial charge in [0.1, 0.15) is 0 Å². The van der Waals surface area contributed by atoms with Crippen LogP contribution in [0.15, 0.2) is 54.6 Å². The molecule has 0 N–H and O–H groups in total. The second-order valence-electron chi connectivity index (χ2n) is 5.38. The molecule has 1 fully saturated rings.